The number of phenols is 1. The van der Waals surface area contributed by atoms with E-state index in [0.29, 0.717) is 12.0 Å². The molecule has 206 valence electrons. The molecule has 0 fully saturated rings. The number of carbonyl (C=O) groups excluding carboxylic acids is 4. The molecule has 2 rings (SSSR count). The van der Waals surface area contributed by atoms with Gasteiger partial charge in [-0.3, -0.25) is 14.4 Å². The third-order valence-electron chi connectivity index (χ3n) is 5.47. The fourth-order valence-electron chi connectivity index (χ4n) is 3.85. The first-order chi connectivity index (χ1) is 17.9. The molecule has 0 spiro atoms. The van der Waals surface area contributed by atoms with Crippen molar-refractivity contribution in [1.82, 2.24) is 15.5 Å². The first-order valence-corrected chi connectivity index (χ1v) is 12.6. The Bertz CT molecular complexity index is 1100. The largest absolute Gasteiger partial charge is 0.508 e. The van der Waals surface area contributed by atoms with E-state index in [4.69, 9.17) is 10.5 Å². The van der Waals surface area contributed by atoms with Crippen LogP contribution in [0.15, 0.2) is 54.6 Å². The molecular formula is C28H38N4O6. The Labute approximate surface area is 223 Å². The van der Waals surface area contributed by atoms with E-state index in [0.717, 1.165) is 5.56 Å². The molecule has 0 aliphatic rings. The van der Waals surface area contributed by atoms with E-state index in [2.05, 4.69) is 10.6 Å². The summed E-state index contributed by atoms with van der Waals surface area (Å²) in [5.41, 5.74) is 5.77. The van der Waals surface area contributed by atoms with Crippen molar-refractivity contribution in [2.45, 2.75) is 71.2 Å². The molecule has 2 aromatic carbocycles. The summed E-state index contributed by atoms with van der Waals surface area (Å²) in [6, 6.07) is 13.1. The van der Waals surface area contributed by atoms with E-state index >= 15 is 0 Å². The summed E-state index contributed by atoms with van der Waals surface area (Å²) in [4.78, 5) is 52.9. The summed E-state index contributed by atoms with van der Waals surface area (Å²) in [6.45, 7) is 7.30. The lowest BCUT2D eigenvalue weighted by Crippen LogP contribution is -2.53. The number of benzene rings is 2. The minimum absolute atomic E-state index is 0.0654. The maximum absolute atomic E-state index is 13.9. The van der Waals surface area contributed by atoms with E-state index in [-0.39, 0.29) is 31.7 Å². The first-order valence-electron chi connectivity index (χ1n) is 12.6. The highest BCUT2D eigenvalue weighted by Gasteiger charge is 2.36. The minimum atomic E-state index is -1.18. The van der Waals surface area contributed by atoms with Crippen LogP contribution in [0.25, 0.3) is 0 Å². The Kier molecular flexibility index (Phi) is 11.1. The van der Waals surface area contributed by atoms with Gasteiger partial charge >= 0.3 is 6.09 Å². The van der Waals surface area contributed by atoms with Crippen molar-refractivity contribution in [3.63, 3.8) is 0 Å². The van der Waals surface area contributed by atoms with Gasteiger partial charge in [-0.2, -0.15) is 0 Å². The normalized spacial score (nSPS) is 12.6. The molecule has 0 saturated carbocycles. The van der Waals surface area contributed by atoms with Crippen LogP contribution in [0.2, 0.25) is 0 Å². The number of rotatable bonds is 12. The van der Waals surface area contributed by atoms with Crippen LogP contribution in [0.5, 0.6) is 5.75 Å². The lowest BCUT2D eigenvalue weighted by molar-refractivity contribution is -0.142. The number of nitrogens with one attached hydrogen (secondary N) is 2. The number of aromatic hydroxyl groups is 1. The highest BCUT2D eigenvalue weighted by Crippen LogP contribution is 2.26. The Morgan fingerprint density at radius 3 is 2.32 bits per heavy atom. The van der Waals surface area contributed by atoms with Crippen LogP contribution in [0.3, 0.4) is 0 Å². The topological polar surface area (TPSA) is 151 Å². The Balaban J connectivity index is 2.43. The van der Waals surface area contributed by atoms with E-state index in [1.807, 2.05) is 37.3 Å². The van der Waals surface area contributed by atoms with Crippen molar-refractivity contribution in [2.24, 2.45) is 5.73 Å². The van der Waals surface area contributed by atoms with E-state index in [1.54, 1.807) is 32.9 Å². The van der Waals surface area contributed by atoms with Crippen molar-refractivity contribution in [3.05, 3.63) is 65.7 Å². The molecule has 0 bridgehead atoms. The molecule has 2 unspecified atom stereocenters. The number of amides is 4. The van der Waals surface area contributed by atoms with E-state index in [9.17, 15) is 24.3 Å². The van der Waals surface area contributed by atoms with Gasteiger partial charge in [-0.05, 0) is 56.9 Å². The third-order valence-corrected chi connectivity index (χ3v) is 5.47. The average Bonchev–Trinajstić information content (AvgIpc) is 2.84. The van der Waals surface area contributed by atoms with Crippen LogP contribution < -0.4 is 16.4 Å². The maximum Gasteiger partial charge on any atom is 0.408 e. The Morgan fingerprint density at radius 1 is 1.05 bits per heavy atom. The number of phenolic OH excluding ortho intramolecular Hbond substituents is 1. The van der Waals surface area contributed by atoms with E-state index < -0.39 is 41.5 Å². The van der Waals surface area contributed by atoms with Crippen molar-refractivity contribution < 1.29 is 29.0 Å². The van der Waals surface area contributed by atoms with Gasteiger partial charge in [-0.25, -0.2) is 4.79 Å². The summed E-state index contributed by atoms with van der Waals surface area (Å²) in [7, 11) is 0. The minimum Gasteiger partial charge on any atom is -0.508 e. The molecule has 5 N–H and O–H groups in total. The highest BCUT2D eigenvalue weighted by molar-refractivity contribution is 5.92. The van der Waals surface area contributed by atoms with Crippen LogP contribution in [-0.2, 0) is 25.7 Å². The number of hydrogen-bond donors (Lipinski definition) is 4. The zero-order valence-corrected chi connectivity index (χ0v) is 22.4. The smallest absolute Gasteiger partial charge is 0.408 e. The number of carbonyl (C=O) groups is 4. The molecule has 0 aromatic heterocycles. The van der Waals surface area contributed by atoms with Crippen molar-refractivity contribution >= 4 is 23.8 Å². The SMILES string of the molecule is CCCN(C(=O)C(CCC(N)=O)NC(=O)OC(C)(C)C)C(C(=O)NCc1ccccc1)c1cccc(O)c1. The number of hydrogen-bond acceptors (Lipinski definition) is 6. The molecule has 0 aliphatic heterocycles. The molecule has 10 heteroatoms. The molecule has 2 aromatic rings. The lowest BCUT2D eigenvalue weighted by atomic mass is 10.0. The fourth-order valence-corrected chi connectivity index (χ4v) is 3.85. The molecule has 2 atom stereocenters. The first kappa shape index (κ1) is 30.1. The number of primary amides is 1. The zero-order valence-electron chi connectivity index (χ0n) is 22.4. The lowest BCUT2D eigenvalue weighted by Gasteiger charge is -2.34. The van der Waals surface area contributed by atoms with Crippen LogP contribution in [0.4, 0.5) is 4.79 Å². The van der Waals surface area contributed by atoms with Gasteiger partial charge in [0.2, 0.25) is 17.7 Å². The van der Waals surface area contributed by atoms with Gasteiger partial charge in [-0.15, -0.1) is 0 Å². The number of ether oxygens (including phenoxy) is 1. The molecule has 0 heterocycles. The van der Waals surface area contributed by atoms with Crippen molar-refractivity contribution in [3.8, 4) is 5.75 Å². The van der Waals surface area contributed by atoms with Gasteiger partial charge in [0, 0.05) is 19.5 Å². The monoisotopic (exact) mass is 526 g/mol. The number of nitrogens with zero attached hydrogens (tertiary/aromatic N) is 1. The number of alkyl carbamates (subject to hydrolysis) is 1. The summed E-state index contributed by atoms with van der Waals surface area (Å²) in [5.74, 6) is -1.75. The predicted molar refractivity (Wildman–Crippen MR) is 143 cm³/mol. The van der Waals surface area contributed by atoms with Gasteiger partial charge in [-0.1, -0.05) is 49.4 Å². The fraction of sp³-hybridized carbons (Fsp3) is 0.429. The molecule has 38 heavy (non-hydrogen) atoms. The second-order valence-corrected chi connectivity index (χ2v) is 9.94. The molecular weight excluding hydrogens is 488 g/mol. The quantitative estimate of drug-likeness (QED) is 0.334. The molecule has 4 amide bonds. The van der Waals surface area contributed by atoms with E-state index in [1.165, 1.54) is 17.0 Å². The highest BCUT2D eigenvalue weighted by atomic mass is 16.6. The second kappa shape index (κ2) is 14.0. The summed E-state index contributed by atoms with van der Waals surface area (Å²) in [6.07, 6.45) is -0.573. The average molecular weight is 527 g/mol. The second-order valence-electron chi connectivity index (χ2n) is 9.94. The van der Waals surface area contributed by atoms with Gasteiger partial charge < -0.3 is 31.1 Å². The van der Waals surface area contributed by atoms with Crippen molar-refractivity contribution in [1.29, 1.82) is 0 Å². The van der Waals surface area contributed by atoms with Crippen LogP contribution >= 0.6 is 0 Å². The molecule has 0 aliphatic carbocycles. The van der Waals surface area contributed by atoms with Gasteiger partial charge in [0.1, 0.15) is 23.4 Å². The van der Waals surface area contributed by atoms with Gasteiger partial charge in [0.05, 0.1) is 0 Å². The molecule has 0 radical (unpaired) electrons. The standard InChI is InChI=1S/C28H38N4O6/c1-5-16-32(26(36)22(14-15-23(29)34)31-27(37)38-28(2,3)4)24(20-12-9-13-21(33)17-20)25(35)30-18-19-10-7-6-8-11-19/h6-13,17,22,24,33H,5,14-16,18H2,1-4H3,(H2,29,34)(H,30,35)(H,31,37). The van der Waals surface area contributed by atoms with Crippen molar-refractivity contribution in [2.75, 3.05) is 6.54 Å². The Hall–Kier alpha value is -4.08. The van der Waals surface area contributed by atoms with Crippen LogP contribution in [-0.4, -0.2) is 52.0 Å². The maximum atomic E-state index is 13.9. The third kappa shape index (κ3) is 9.76. The number of nitrogens with two attached hydrogens (primary N) is 1. The van der Waals surface area contributed by atoms with Crippen LogP contribution in [0, 0.1) is 0 Å². The summed E-state index contributed by atoms with van der Waals surface area (Å²) >= 11 is 0. The van der Waals surface area contributed by atoms with Gasteiger partial charge in [0.15, 0.2) is 0 Å². The van der Waals surface area contributed by atoms with Gasteiger partial charge in [0.25, 0.3) is 0 Å². The predicted octanol–water partition coefficient (Wildman–Crippen LogP) is 3.15. The summed E-state index contributed by atoms with van der Waals surface area (Å²) in [5, 5.41) is 15.5. The molecule has 0 saturated heterocycles. The zero-order chi connectivity index (χ0) is 28.3. The summed E-state index contributed by atoms with van der Waals surface area (Å²) < 4.78 is 5.31. The Morgan fingerprint density at radius 2 is 1.74 bits per heavy atom. The molecule has 10 nitrogen and oxygen atoms in total. The van der Waals surface area contributed by atoms with Crippen LogP contribution in [0.1, 0.15) is 64.1 Å².